The zero-order valence-corrected chi connectivity index (χ0v) is 12.0. The zero-order valence-electron chi connectivity index (χ0n) is 11.2. The van der Waals surface area contributed by atoms with Crippen LogP contribution in [-0.4, -0.2) is 28.7 Å². The van der Waals surface area contributed by atoms with Gasteiger partial charge in [0, 0.05) is 18.5 Å². The molecule has 0 saturated carbocycles. The SMILES string of the molecule is CCn1nc(C)c(Cl)c1CC(=O)C1(C)CCNC1. The first kappa shape index (κ1) is 13.6. The lowest BCUT2D eigenvalue weighted by atomic mass is 9.83. The normalized spacial score (nSPS) is 23.6. The van der Waals surface area contributed by atoms with E-state index in [1.165, 1.54) is 0 Å². The fraction of sp³-hybridized carbons (Fsp3) is 0.692. The van der Waals surface area contributed by atoms with Gasteiger partial charge in [0.05, 0.1) is 22.8 Å². The van der Waals surface area contributed by atoms with Gasteiger partial charge in [-0.3, -0.25) is 9.48 Å². The summed E-state index contributed by atoms with van der Waals surface area (Å²) in [6.07, 6.45) is 1.29. The van der Waals surface area contributed by atoms with Crippen LogP contribution in [-0.2, 0) is 17.8 Å². The van der Waals surface area contributed by atoms with Crippen LogP contribution in [0.1, 0.15) is 31.7 Å². The molecule has 1 fully saturated rings. The van der Waals surface area contributed by atoms with E-state index in [9.17, 15) is 4.79 Å². The molecule has 100 valence electrons. The van der Waals surface area contributed by atoms with Crippen molar-refractivity contribution in [1.29, 1.82) is 0 Å². The third kappa shape index (κ3) is 2.31. The Morgan fingerprint density at radius 2 is 2.33 bits per heavy atom. The van der Waals surface area contributed by atoms with Crippen molar-refractivity contribution in [3.05, 3.63) is 16.4 Å². The predicted octanol–water partition coefficient (Wildman–Crippen LogP) is 1.98. The van der Waals surface area contributed by atoms with Crippen LogP contribution in [0.2, 0.25) is 5.02 Å². The molecular formula is C13H20ClN3O. The van der Waals surface area contributed by atoms with E-state index in [-0.39, 0.29) is 11.2 Å². The second kappa shape index (κ2) is 5.02. The topological polar surface area (TPSA) is 46.9 Å². The molecule has 1 aliphatic rings. The van der Waals surface area contributed by atoms with Crippen LogP contribution in [0.15, 0.2) is 0 Å². The largest absolute Gasteiger partial charge is 0.316 e. The first-order valence-electron chi connectivity index (χ1n) is 6.43. The number of aryl methyl sites for hydroxylation is 2. The Labute approximate surface area is 113 Å². The van der Waals surface area contributed by atoms with Gasteiger partial charge in [0.25, 0.3) is 0 Å². The quantitative estimate of drug-likeness (QED) is 0.909. The van der Waals surface area contributed by atoms with Gasteiger partial charge >= 0.3 is 0 Å². The van der Waals surface area contributed by atoms with Crippen molar-refractivity contribution in [2.45, 2.75) is 40.2 Å². The van der Waals surface area contributed by atoms with Crippen molar-refractivity contribution in [3.8, 4) is 0 Å². The van der Waals surface area contributed by atoms with Gasteiger partial charge in [0.2, 0.25) is 0 Å². The van der Waals surface area contributed by atoms with E-state index in [0.29, 0.717) is 11.4 Å². The third-order valence-electron chi connectivity index (χ3n) is 3.82. The van der Waals surface area contributed by atoms with Crippen LogP contribution in [0.3, 0.4) is 0 Å². The van der Waals surface area contributed by atoms with Gasteiger partial charge in [-0.05, 0) is 26.8 Å². The summed E-state index contributed by atoms with van der Waals surface area (Å²) in [5.74, 6) is 0.254. The van der Waals surface area contributed by atoms with Crippen LogP contribution < -0.4 is 5.32 Å². The van der Waals surface area contributed by atoms with Crippen LogP contribution in [0.5, 0.6) is 0 Å². The Hall–Kier alpha value is -0.870. The lowest BCUT2D eigenvalue weighted by Gasteiger charge is -2.21. The number of nitrogens with one attached hydrogen (secondary N) is 1. The number of Topliss-reactive ketones (excluding diaryl/α,β-unsaturated/α-hetero) is 1. The van der Waals surface area contributed by atoms with E-state index in [2.05, 4.69) is 10.4 Å². The molecule has 0 spiro atoms. The van der Waals surface area contributed by atoms with Crippen molar-refractivity contribution >= 4 is 17.4 Å². The summed E-state index contributed by atoms with van der Waals surface area (Å²) in [4.78, 5) is 12.4. The maximum absolute atomic E-state index is 12.4. The maximum Gasteiger partial charge on any atom is 0.146 e. The molecular weight excluding hydrogens is 250 g/mol. The Bertz CT molecular complexity index is 461. The lowest BCUT2D eigenvalue weighted by molar-refractivity contribution is -0.126. The first-order chi connectivity index (χ1) is 8.48. The van der Waals surface area contributed by atoms with Gasteiger partial charge in [0.15, 0.2) is 0 Å². The summed E-state index contributed by atoms with van der Waals surface area (Å²) < 4.78 is 1.83. The van der Waals surface area contributed by atoms with E-state index < -0.39 is 0 Å². The molecule has 0 bridgehead atoms. The van der Waals surface area contributed by atoms with Crippen molar-refractivity contribution in [2.75, 3.05) is 13.1 Å². The summed E-state index contributed by atoms with van der Waals surface area (Å²) in [6, 6.07) is 0. The highest BCUT2D eigenvalue weighted by atomic mass is 35.5. The second-order valence-electron chi connectivity index (χ2n) is 5.25. The average molecular weight is 270 g/mol. The summed E-state index contributed by atoms with van der Waals surface area (Å²) >= 11 is 6.24. The molecule has 1 aromatic heterocycles. The summed E-state index contributed by atoms with van der Waals surface area (Å²) in [6.45, 7) is 8.34. The summed E-state index contributed by atoms with van der Waals surface area (Å²) in [5, 5.41) is 8.24. The van der Waals surface area contributed by atoms with Crippen molar-refractivity contribution in [3.63, 3.8) is 0 Å². The van der Waals surface area contributed by atoms with Crippen molar-refractivity contribution in [2.24, 2.45) is 5.41 Å². The summed E-state index contributed by atoms with van der Waals surface area (Å²) in [5.41, 5.74) is 1.41. The van der Waals surface area contributed by atoms with E-state index in [1.54, 1.807) is 0 Å². The van der Waals surface area contributed by atoms with Crippen LogP contribution in [0.25, 0.3) is 0 Å². The van der Waals surface area contributed by atoms with Gasteiger partial charge in [-0.2, -0.15) is 5.10 Å². The third-order valence-corrected chi connectivity index (χ3v) is 4.31. The smallest absolute Gasteiger partial charge is 0.146 e. The number of hydrogen-bond acceptors (Lipinski definition) is 3. The highest BCUT2D eigenvalue weighted by Gasteiger charge is 2.36. The van der Waals surface area contributed by atoms with E-state index in [0.717, 1.165) is 37.4 Å². The van der Waals surface area contributed by atoms with Crippen LogP contribution in [0, 0.1) is 12.3 Å². The Morgan fingerprint density at radius 3 is 2.89 bits per heavy atom. The van der Waals surface area contributed by atoms with Crippen LogP contribution >= 0.6 is 11.6 Å². The number of halogens is 1. The molecule has 4 nitrogen and oxygen atoms in total. The van der Waals surface area contributed by atoms with E-state index in [4.69, 9.17) is 11.6 Å². The minimum atomic E-state index is -0.250. The first-order valence-corrected chi connectivity index (χ1v) is 6.81. The number of carbonyl (C=O) groups is 1. The highest BCUT2D eigenvalue weighted by molar-refractivity contribution is 6.32. The summed E-state index contributed by atoms with van der Waals surface area (Å²) in [7, 11) is 0. The molecule has 0 aromatic carbocycles. The molecule has 0 radical (unpaired) electrons. The fourth-order valence-electron chi connectivity index (χ4n) is 2.46. The molecule has 0 amide bonds. The molecule has 0 aliphatic carbocycles. The van der Waals surface area contributed by atoms with Crippen LogP contribution in [0.4, 0.5) is 0 Å². The molecule has 1 aromatic rings. The van der Waals surface area contributed by atoms with Gasteiger partial charge in [0.1, 0.15) is 5.78 Å². The minimum Gasteiger partial charge on any atom is -0.316 e. The number of ketones is 1. The molecule has 2 rings (SSSR count). The Balaban J connectivity index is 2.21. The monoisotopic (exact) mass is 269 g/mol. The molecule has 18 heavy (non-hydrogen) atoms. The fourth-order valence-corrected chi connectivity index (χ4v) is 2.66. The maximum atomic E-state index is 12.4. The van der Waals surface area contributed by atoms with Gasteiger partial charge < -0.3 is 5.32 Å². The predicted molar refractivity (Wildman–Crippen MR) is 72.0 cm³/mol. The van der Waals surface area contributed by atoms with Crippen molar-refractivity contribution in [1.82, 2.24) is 15.1 Å². The zero-order chi connectivity index (χ0) is 13.3. The average Bonchev–Trinajstić information content (AvgIpc) is 2.89. The molecule has 1 atom stereocenters. The molecule has 1 saturated heterocycles. The second-order valence-corrected chi connectivity index (χ2v) is 5.63. The lowest BCUT2D eigenvalue weighted by Crippen LogP contribution is -2.32. The number of hydrogen-bond donors (Lipinski definition) is 1. The van der Waals surface area contributed by atoms with Gasteiger partial charge in [-0.1, -0.05) is 18.5 Å². The number of aromatic nitrogens is 2. The van der Waals surface area contributed by atoms with Gasteiger partial charge in [-0.15, -0.1) is 0 Å². The standard InChI is InChI=1S/C13H20ClN3O/c1-4-17-10(12(14)9(2)16-17)7-11(18)13(3)5-6-15-8-13/h15H,4-8H2,1-3H3. The van der Waals surface area contributed by atoms with Crippen molar-refractivity contribution < 1.29 is 4.79 Å². The molecule has 1 N–H and O–H groups in total. The number of carbonyl (C=O) groups excluding carboxylic acids is 1. The molecule has 2 heterocycles. The van der Waals surface area contributed by atoms with Gasteiger partial charge in [-0.25, -0.2) is 0 Å². The minimum absolute atomic E-state index is 0.250. The highest BCUT2D eigenvalue weighted by Crippen LogP contribution is 2.29. The number of rotatable bonds is 4. The molecule has 1 aliphatic heterocycles. The molecule has 1 unspecified atom stereocenters. The van der Waals surface area contributed by atoms with E-state index >= 15 is 0 Å². The number of nitrogens with zero attached hydrogens (tertiary/aromatic N) is 2. The van der Waals surface area contributed by atoms with E-state index in [1.807, 2.05) is 25.5 Å². The Morgan fingerprint density at radius 1 is 1.61 bits per heavy atom. The molecule has 5 heteroatoms. The Kier molecular flexibility index (Phi) is 3.78.